The van der Waals surface area contributed by atoms with Gasteiger partial charge in [0.2, 0.25) is 0 Å². The van der Waals surface area contributed by atoms with Crippen molar-refractivity contribution < 1.29 is 23.1 Å². The number of benzene rings is 2. The van der Waals surface area contributed by atoms with Gasteiger partial charge in [0.1, 0.15) is 5.75 Å². The number of phenols is 1. The summed E-state index contributed by atoms with van der Waals surface area (Å²) < 4.78 is 37.0. The van der Waals surface area contributed by atoms with Gasteiger partial charge in [0.15, 0.2) is 0 Å². The SMILES string of the molecule is Cc1cc(NC(=O)C(F)(F)F)ccc1NC1CC(c2ccc(O)cc2)NN1. The lowest BCUT2D eigenvalue weighted by atomic mass is 10.0. The summed E-state index contributed by atoms with van der Waals surface area (Å²) in [5.74, 6) is -1.80. The molecular weight excluding hydrogens is 361 g/mol. The van der Waals surface area contributed by atoms with Crippen LogP contribution in [0.15, 0.2) is 42.5 Å². The molecule has 2 aromatic rings. The minimum atomic E-state index is -4.92. The Balaban J connectivity index is 1.61. The molecule has 0 radical (unpaired) electrons. The molecule has 1 aliphatic rings. The third-order valence-corrected chi connectivity index (χ3v) is 4.27. The van der Waals surface area contributed by atoms with Gasteiger partial charge in [-0.05, 0) is 48.4 Å². The summed E-state index contributed by atoms with van der Waals surface area (Å²) in [5, 5.41) is 14.5. The van der Waals surface area contributed by atoms with Crippen LogP contribution in [0.3, 0.4) is 0 Å². The number of hydrogen-bond donors (Lipinski definition) is 5. The Hall–Kier alpha value is -2.78. The highest BCUT2D eigenvalue weighted by Gasteiger charge is 2.38. The molecule has 27 heavy (non-hydrogen) atoms. The molecule has 9 heteroatoms. The normalized spacial score (nSPS) is 19.7. The summed E-state index contributed by atoms with van der Waals surface area (Å²) in [5.41, 5.74) is 8.82. The summed E-state index contributed by atoms with van der Waals surface area (Å²) in [6, 6.07) is 11.5. The topological polar surface area (TPSA) is 85.4 Å². The molecule has 1 amide bonds. The third-order valence-electron chi connectivity index (χ3n) is 4.27. The van der Waals surface area contributed by atoms with Crippen LogP contribution in [0.4, 0.5) is 24.5 Å². The van der Waals surface area contributed by atoms with Crippen molar-refractivity contribution in [1.82, 2.24) is 10.9 Å². The Kier molecular flexibility index (Phi) is 5.24. The standard InChI is InChI=1S/C18H19F3N4O2/c1-10-8-12(22-17(27)18(19,20)21)4-7-14(10)23-16-9-15(24-25-16)11-2-5-13(26)6-3-11/h2-8,15-16,23-26H,9H2,1H3,(H,22,27). The zero-order valence-corrected chi connectivity index (χ0v) is 14.4. The average molecular weight is 380 g/mol. The molecule has 6 nitrogen and oxygen atoms in total. The van der Waals surface area contributed by atoms with Gasteiger partial charge in [0.25, 0.3) is 0 Å². The second-order valence-electron chi connectivity index (χ2n) is 6.35. The minimum Gasteiger partial charge on any atom is -0.508 e. The fourth-order valence-corrected chi connectivity index (χ4v) is 2.87. The highest BCUT2D eigenvalue weighted by Crippen LogP contribution is 2.27. The van der Waals surface area contributed by atoms with E-state index in [9.17, 15) is 23.1 Å². The van der Waals surface area contributed by atoms with E-state index >= 15 is 0 Å². The van der Waals surface area contributed by atoms with E-state index in [-0.39, 0.29) is 23.6 Å². The van der Waals surface area contributed by atoms with E-state index in [1.807, 2.05) is 17.4 Å². The van der Waals surface area contributed by atoms with Gasteiger partial charge in [-0.15, -0.1) is 0 Å². The highest BCUT2D eigenvalue weighted by molar-refractivity contribution is 5.95. The van der Waals surface area contributed by atoms with Gasteiger partial charge < -0.3 is 15.7 Å². The van der Waals surface area contributed by atoms with Gasteiger partial charge in [-0.2, -0.15) is 13.2 Å². The molecule has 3 rings (SSSR count). The smallest absolute Gasteiger partial charge is 0.471 e. The molecule has 2 atom stereocenters. The van der Waals surface area contributed by atoms with Crippen LogP contribution in [0, 0.1) is 6.92 Å². The molecular formula is C18H19F3N4O2. The maximum absolute atomic E-state index is 12.3. The first-order valence-electron chi connectivity index (χ1n) is 8.28. The van der Waals surface area contributed by atoms with Gasteiger partial charge >= 0.3 is 12.1 Å². The Bertz CT molecular complexity index is 824. The van der Waals surface area contributed by atoms with Crippen LogP contribution >= 0.6 is 0 Å². The number of nitrogens with one attached hydrogen (secondary N) is 4. The number of aryl methyl sites for hydroxylation is 1. The number of carbonyl (C=O) groups excluding carboxylic acids is 1. The number of phenolic OH excluding ortho intramolecular Hbond substituents is 1. The Labute approximate surface area is 153 Å². The molecule has 144 valence electrons. The third kappa shape index (κ3) is 4.69. The molecule has 0 spiro atoms. The lowest BCUT2D eigenvalue weighted by Crippen LogP contribution is -2.36. The lowest BCUT2D eigenvalue weighted by Gasteiger charge is -2.17. The predicted octanol–water partition coefficient (Wildman–Crippen LogP) is 3.18. The van der Waals surface area contributed by atoms with E-state index in [4.69, 9.17) is 0 Å². The molecule has 0 saturated carbocycles. The van der Waals surface area contributed by atoms with E-state index in [1.165, 1.54) is 12.1 Å². The number of anilines is 2. The van der Waals surface area contributed by atoms with Crippen molar-refractivity contribution in [1.29, 1.82) is 0 Å². The van der Waals surface area contributed by atoms with Gasteiger partial charge in [-0.3, -0.25) is 4.79 Å². The van der Waals surface area contributed by atoms with Crippen molar-refractivity contribution in [2.24, 2.45) is 0 Å². The van der Waals surface area contributed by atoms with Crippen LogP contribution in [0.2, 0.25) is 0 Å². The van der Waals surface area contributed by atoms with Crippen molar-refractivity contribution in [3.05, 3.63) is 53.6 Å². The summed E-state index contributed by atoms with van der Waals surface area (Å²) in [7, 11) is 0. The molecule has 0 aromatic heterocycles. The number of alkyl halides is 3. The maximum Gasteiger partial charge on any atom is 0.471 e. The summed E-state index contributed by atoms with van der Waals surface area (Å²) in [4.78, 5) is 11.0. The lowest BCUT2D eigenvalue weighted by molar-refractivity contribution is -0.167. The zero-order chi connectivity index (χ0) is 19.6. The van der Waals surface area contributed by atoms with Crippen LogP contribution in [0.1, 0.15) is 23.6 Å². The largest absolute Gasteiger partial charge is 0.508 e. The number of halogens is 3. The van der Waals surface area contributed by atoms with Crippen molar-refractivity contribution in [3.8, 4) is 5.75 Å². The van der Waals surface area contributed by atoms with E-state index < -0.39 is 12.1 Å². The molecule has 2 aromatic carbocycles. The van der Waals surface area contributed by atoms with Crippen LogP contribution in [0.5, 0.6) is 5.75 Å². The molecule has 2 unspecified atom stereocenters. The Morgan fingerprint density at radius 3 is 2.48 bits per heavy atom. The number of hydrogen-bond acceptors (Lipinski definition) is 5. The average Bonchev–Trinajstić information content (AvgIpc) is 3.06. The number of amides is 1. The molecule has 1 fully saturated rings. The van der Waals surface area contributed by atoms with Crippen molar-refractivity contribution in [2.45, 2.75) is 31.7 Å². The molecule has 0 bridgehead atoms. The maximum atomic E-state index is 12.3. The van der Waals surface area contributed by atoms with Crippen molar-refractivity contribution in [2.75, 3.05) is 10.6 Å². The van der Waals surface area contributed by atoms with Crippen molar-refractivity contribution >= 4 is 17.3 Å². The quantitative estimate of drug-likeness (QED) is 0.563. The molecule has 1 heterocycles. The second-order valence-corrected chi connectivity index (χ2v) is 6.35. The van der Waals surface area contributed by atoms with Crippen LogP contribution in [-0.2, 0) is 4.79 Å². The second kappa shape index (κ2) is 7.45. The first-order chi connectivity index (χ1) is 12.7. The zero-order valence-electron chi connectivity index (χ0n) is 14.4. The number of carbonyl (C=O) groups is 1. The fourth-order valence-electron chi connectivity index (χ4n) is 2.87. The Morgan fingerprint density at radius 2 is 1.85 bits per heavy atom. The minimum absolute atomic E-state index is 0.0498. The number of hydrazine groups is 1. The fraction of sp³-hybridized carbons (Fsp3) is 0.278. The van der Waals surface area contributed by atoms with E-state index in [1.54, 1.807) is 25.1 Å². The summed E-state index contributed by atoms with van der Waals surface area (Å²) >= 11 is 0. The highest BCUT2D eigenvalue weighted by atomic mass is 19.4. The van der Waals surface area contributed by atoms with Gasteiger partial charge in [0.05, 0.1) is 6.17 Å². The summed E-state index contributed by atoms with van der Waals surface area (Å²) in [6.07, 6.45) is -4.30. The molecule has 1 saturated heterocycles. The summed E-state index contributed by atoms with van der Waals surface area (Å²) in [6.45, 7) is 1.74. The van der Waals surface area contributed by atoms with Gasteiger partial charge in [-0.25, -0.2) is 10.9 Å². The molecule has 0 aliphatic carbocycles. The van der Waals surface area contributed by atoms with Crippen LogP contribution in [0.25, 0.3) is 0 Å². The monoisotopic (exact) mass is 380 g/mol. The van der Waals surface area contributed by atoms with Gasteiger partial charge in [0, 0.05) is 23.8 Å². The molecule has 5 N–H and O–H groups in total. The van der Waals surface area contributed by atoms with Crippen molar-refractivity contribution in [3.63, 3.8) is 0 Å². The number of aromatic hydroxyl groups is 1. The number of rotatable bonds is 4. The van der Waals surface area contributed by atoms with Gasteiger partial charge in [-0.1, -0.05) is 12.1 Å². The van der Waals surface area contributed by atoms with E-state index in [2.05, 4.69) is 16.2 Å². The van der Waals surface area contributed by atoms with E-state index in [0.29, 0.717) is 5.56 Å². The Morgan fingerprint density at radius 1 is 1.15 bits per heavy atom. The van der Waals surface area contributed by atoms with Crippen LogP contribution in [-0.4, -0.2) is 23.4 Å². The van der Waals surface area contributed by atoms with Crippen LogP contribution < -0.4 is 21.5 Å². The predicted molar refractivity (Wildman–Crippen MR) is 95.0 cm³/mol. The van der Waals surface area contributed by atoms with E-state index in [0.717, 1.165) is 17.7 Å². The first-order valence-corrected chi connectivity index (χ1v) is 8.28. The molecule has 1 aliphatic heterocycles. The first kappa shape index (κ1) is 19.0.